The van der Waals surface area contributed by atoms with Crippen LogP contribution >= 0.6 is 0 Å². The number of esters is 1. The summed E-state index contributed by atoms with van der Waals surface area (Å²) in [5.41, 5.74) is -0.536. The van der Waals surface area contributed by atoms with Gasteiger partial charge in [-0.05, 0) is 24.3 Å². The molecule has 2 N–H and O–H groups in total. The van der Waals surface area contributed by atoms with Gasteiger partial charge in [-0.3, -0.25) is 9.59 Å². The molecule has 2 aromatic carbocycles. The zero-order valence-corrected chi connectivity index (χ0v) is 16.6. The summed E-state index contributed by atoms with van der Waals surface area (Å²) in [6.45, 7) is -1.88. The Hall–Kier alpha value is -3.29. The van der Waals surface area contributed by atoms with E-state index in [1.807, 2.05) is 0 Å². The van der Waals surface area contributed by atoms with Gasteiger partial charge in [0.15, 0.2) is 6.73 Å². The molecule has 0 atom stereocenters. The molecule has 13 heteroatoms. The standard InChI is InChI=1S/C17H14N2O9S2/c20-15(21)9-18-29(24,25)13-7-3-2-6-12(13)17(23)28-10-19-16(22)11-5-1-4-8-14(11)30(19,26)27/h1-8,18H,9-10H2,(H,20,21). The van der Waals surface area contributed by atoms with Gasteiger partial charge in [-0.25, -0.2) is 21.6 Å². The molecule has 158 valence electrons. The molecule has 0 spiro atoms. The van der Waals surface area contributed by atoms with Crippen LogP contribution in [0.25, 0.3) is 0 Å². The second-order valence-electron chi connectivity index (χ2n) is 5.93. The van der Waals surface area contributed by atoms with Crippen LogP contribution in [0, 0.1) is 0 Å². The van der Waals surface area contributed by atoms with Gasteiger partial charge in [0.2, 0.25) is 10.0 Å². The quantitative estimate of drug-likeness (QED) is 0.548. The number of carbonyl (C=O) groups is 3. The van der Waals surface area contributed by atoms with E-state index in [0.29, 0.717) is 4.31 Å². The predicted molar refractivity (Wildman–Crippen MR) is 99.3 cm³/mol. The second-order valence-corrected chi connectivity index (χ2v) is 9.50. The molecular formula is C17H14N2O9S2. The molecule has 0 fully saturated rings. The normalized spacial score (nSPS) is 14.9. The van der Waals surface area contributed by atoms with E-state index >= 15 is 0 Å². The maximum atomic E-state index is 12.5. The van der Waals surface area contributed by atoms with Crippen molar-refractivity contribution in [1.29, 1.82) is 0 Å². The molecule has 0 saturated carbocycles. The lowest BCUT2D eigenvalue weighted by molar-refractivity contribution is -0.135. The maximum absolute atomic E-state index is 12.5. The summed E-state index contributed by atoms with van der Waals surface area (Å²) in [5.74, 6) is -3.54. The smallest absolute Gasteiger partial charge is 0.341 e. The van der Waals surface area contributed by atoms with Gasteiger partial charge in [0.25, 0.3) is 15.9 Å². The van der Waals surface area contributed by atoms with E-state index in [4.69, 9.17) is 9.84 Å². The average Bonchev–Trinajstić information content (AvgIpc) is 2.90. The molecule has 1 aliphatic rings. The Bertz CT molecular complexity index is 1250. The molecule has 2 aromatic rings. The SMILES string of the molecule is O=C(O)CNS(=O)(=O)c1ccccc1C(=O)OCN1C(=O)c2ccccc2S1(=O)=O. The molecule has 0 aromatic heterocycles. The Morgan fingerprint density at radius 1 is 1.07 bits per heavy atom. The van der Waals surface area contributed by atoms with Gasteiger partial charge in [-0.15, -0.1) is 0 Å². The van der Waals surface area contributed by atoms with E-state index in [1.165, 1.54) is 36.4 Å². The first-order valence-electron chi connectivity index (χ1n) is 8.19. The topological polar surface area (TPSA) is 164 Å². The summed E-state index contributed by atoms with van der Waals surface area (Å²) in [5, 5.41) is 8.64. The highest BCUT2D eigenvalue weighted by atomic mass is 32.2. The summed E-state index contributed by atoms with van der Waals surface area (Å²) >= 11 is 0. The first-order valence-corrected chi connectivity index (χ1v) is 11.1. The third kappa shape index (κ3) is 3.90. The molecule has 0 radical (unpaired) electrons. The molecule has 0 unspecified atom stereocenters. The van der Waals surface area contributed by atoms with Crippen LogP contribution in [0.4, 0.5) is 0 Å². The number of nitrogens with zero attached hydrogens (tertiary/aromatic N) is 1. The van der Waals surface area contributed by atoms with Crippen LogP contribution in [0.2, 0.25) is 0 Å². The van der Waals surface area contributed by atoms with Crippen LogP contribution < -0.4 is 4.72 Å². The maximum Gasteiger partial charge on any atom is 0.341 e. The van der Waals surface area contributed by atoms with E-state index in [-0.39, 0.29) is 10.5 Å². The van der Waals surface area contributed by atoms with Crippen molar-refractivity contribution in [3.8, 4) is 0 Å². The Morgan fingerprint density at radius 2 is 1.70 bits per heavy atom. The summed E-state index contributed by atoms with van der Waals surface area (Å²) in [6, 6.07) is 10.3. The van der Waals surface area contributed by atoms with Crippen LogP contribution in [0.1, 0.15) is 20.7 Å². The highest BCUT2D eigenvalue weighted by molar-refractivity contribution is 7.90. The van der Waals surface area contributed by atoms with Crippen LogP contribution in [0.5, 0.6) is 0 Å². The minimum Gasteiger partial charge on any atom is -0.480 e. The van der Waals surface area contributed by atoms with E-state index in [1.54, 1.807) is 4.72 Å². The Morgan fingerprint density at radius 3 is 2.37 bits per heavy atom. The van der Waals surface area contributed by atoms with Crippen LogP contribution in [0.3, 0.4) is 0 Å². The van der Waals surface area contributed by atoms with Crippen molar-refractivity contribution in [2.45, 2.75) is 9.79 Å². The van der Waals surface area contributed by atoms with Crippen molar-refractivity contribution in [2.75, 3.05) is 13.3 Å². The van der Waals surface area contributed by atoms with Crippen molar-refractivity contribution in [2.24, 2.45) is 0 Å². The molecule has 11 nitrogen and oxygen atoms in total. The fourth-order valence-electron chi connectivity index (χ4n) is 2.66. The number of carboxylic acid groups (broad SMARTS) is 1. The third-order valence-corrected chi connectivity index (χ3v) is 7.26. The first kappa shape index (κ1) is 21.4. The number of amides is 1. The lowest BCUT2D eigenvalue weighted by Gasteiger charge is -2.16. The van der Waals surface area contributed by atoms with Gasteiger partial charge < -0.3 is 9.84 Å². The highest BCUT2D eigenvalue weighted by Gasteiger charge is 2.41. The second kappa shape index (κ2) is 7.85. The predicted octanol–water partition coefficient (Wildman–Crippen LogP) is 0.00850. The molecule has 0 aliphatic carbocycles. The molecule has 30 heavy (non-hydrogen) atoms. The fraction of sp³-hybridized carbons (Fsp3) is 0.118. The molecule has 1 amide bonds. The van der Waals surface area contributed by atoms with Crippen LogP contribution in [0.15, 0.2) is 58.3 Å². The van der Waals surface area contributed by atoms with Crippen molar-refractivity contribution in [1.82, 2.24) is 9.03 Å². The zero-order valence-electron chi connectivity index (χ0n) is 15.0. The number of benzene rings is 2. The number of carbonyl (C=O) groups excluding carboxylic acids is 2. The summed E-state index contributed by atoms with van der Waals surface area (Å²) in [4.78, 5) is 34.6. The number of aliphatic carboxylic acids is 1. The van der Waals surface area contributed by atoms with Crippen molar-refractivity contribution >= 4 is 37.9 Å². The monoisotopic (exact) mass is 454 g/mol. The van der Waals surface area contributed by atoms with E-state index < -0.39 is 61.6 Å². The van der Waals surface area contributed by atoms with Gasteiger partial charge in [-0.2, -0.15) is 9.03 Å². The third-order valence-electron chi connectivity index (χ3n) is 4.03. The van der Waals surface area contributed by atoms with E-state index in [0.717, 1.165) is 12.1 Å². The molecule has 0 saturated heterocycles. The van der Waals surface area contributed by atoms with Crippen LogP contribution in [-0.2, 0) is 29.6 Å². The Balaban J connectivity index is 1.82. The number of hydrogen-bond acceptors (Lipinski definition) is 8. The molecule has 0 bridgehead atoms. The molecular weight excluding hydrogens is 440 g/mol. The highest BCUT2D eigenvalue weighted by Crippen LogP contribution is 2.29. The number of carboxylic acids is 1. The van der Waals surface area contributed by atoms with Crippen molar-refractivity contribution in [3.63, 3.8) is 0 Å². The number of hydrogen-bond donors (Lipinski definition) is 2. The van der Waals surface area contributed by atoms with E-state index in [9.17, 15) is 31.2 Å². The molecule has 1 heterocycles. The van der Waals surface area contributed by atoms with E-state index in [2.05, 4.69) is 0 Å². The van der Waals surface area contributed by atoms with Gasteiger partial charge in [0, 0.05) is 0 Å². The number of sulfonamides is 2. The lowest BCUT2D eigenvalue weighted by atomic mass is 10.2. The lowest BCUT2D eigenvalue weighted by Crippen LogP contribution is -2.34. The minimum atomic E-state index is -4.38. The molecule has 3 rings (SSSR count). The first-order chi connectivity index (χ1) is 14.1. The summed E-state index contributed by atoms with van der Waals surface area (Å²) in [7, 11) is -8.60. The number of ether oxygens (including phenoxy) is 1. The number of fused-ring (bicyclic) bond motifs is 1. The van der Waals surface area contributed by atoms with Crippen molar-refractivity contribution < 1.29 is 41.1 Å². The fourth-order valence-corrected chi connectivity index (χ4v) is 5.25. The number of rotatable bonds is 7. The Labute approximate surface area is 171 Å². The van der Waals surface area contributed by atoms with Gasteiger partial charge >= 0.3 is 11.9 Å². The van der Waals surface area contributed by atoms with Gasteiger partial charge in [0.1, 0.15) is 11.4 Å². The van der Waals surface area contributed by atoms with Crippen molar-refractivity contribution in [3.05, 3.63) is 59.7 Å². The average molecular weight is 454 g/mol. The van der Waals surface area contributed by atoms with Crippen LogP contribution in [-0.4, -0.2) is 57.4 Å². The molecule has 1 aliphatic heterocycles. The minimum absolute atomic E-state index is 0.0746. The Kier molecular flexibility index (Phi) is 5.61. The summed E-state index contributed by atoms with van der Waals surface area (Å²) < 4.78 is 56.6. The zero-order chi connectivity index (χ0) is 22.1. The summed E-state index contributed by atoms with van der Waals surface area (Å²) in [6.07, 6.45) is 0. The van der Waals surface area contributed by atoms with Gasteiger partial charge in [0.05, 0.1) is 16.0 Å². The van der Waals surface area contributed by atoms with Gasteiger partial charge in [-0.1, -0.05) is 24.3 Å². The number of nitrogens with one attached hydrogen (secondary N) is 1. The largest absolute Gasteiger partial charge is 0.480 e.